The highest BCUT2D eigenvalue weighted by Gasteiger charge is 2.27. The van der Waals surface area contributed by atoms with Crippen molar-refractivity contribution >= 4 is 0 Å². The van der Waals surface area contributed by atoms with Crippen molar-refractivity contribution in [2.75, 3.05) is 13.1 Å². The van der Waals surface area contributed by atoms with Gasteiger partial charge in [0, 0.05) is 12.1 Å². The molecule has 0 radical (unpaired) electrons. The van der Waals surface area contributed by atoms with Crippen molar-refractivity contribution in [3.05, 3.63) is 0 Å². The summed E-state index contributed by atoms with van der Waals surface area (Å²) in [7, 11) is 0. The van der Waals surface area contributed by atoms with Crippen LogP contribution < -0.4 is 11.1 Å². The van der Waals surface area contributed by atoms with E-state index in [1.54, 1.807) is 0 Å². The van der Waals surface area contributed by atoms with Crippen molar-refractivity contribution in [2.24, 2.45) is 23.5 Å². The van der Waals surface area contributed by atoms with Gasteiger partial charge in [-0.05, 0) is 37.1 Å². The molecule has 3 N–H and O–H groups in total. The zero-order chi connectivity index (χ0) is 12.9. The number of hydrogen-bond acceptors (Lipinski definition) is 2. The van der Waals surface area contributed by atoms with Gasteiger partial charge in [-0.1, -0.05) is 47.0 Å². The van der Waals surface area contributed by atoms with Gasteiger partial charge in [-0.25, -0.2) is 0 Å². The van der Waals surface area contributed by atoms with Gasteiger partial charge in [0.2, 0.25) is 0 Å². The van der Waals surface area contributed by atoms with E-state index in [9.17, 15) is 0 Å². The molecule has 1 aliphatic rings. The molecule has 0 amide bonds. The highest BCUT2D eigenvalue weighted by molar-refractivity contribution is 4.89. The standard InChI is InChI=1S/C15H32N2/c1-12(2)14(13(3)4)10-17-11-15(16)8-6-5-7-9-15/h12-14,17H,5-11,16H2,1-4H3. The van der Waals surface area contributed by atoms with Crippen molar-refractivity contribution in [1.82, 2.24) is 5.32 Å². The van der Waals surface area contributed by atoms with E-state index in [1.807, 2.05) is 0 Å². The number of nitrogens with two attached hydrogens (primary N) is 1. The summed E-state index contributed by atoms with van der Waals surface area (Å²) in [6.07, 6.45) is 6.41. The predicted molar refractivity (Wildman–Crippen MR) is 76.0 cm³/mol. The molecule has 2 heteroatoms. The second-order valence-corrected chi connectivity index (χ2v) is 6.71. The molecule has 0 spiro atoms. The summed E-state index contributed by atoms with van der Waals surface area (Å²) in [6, 6.07) is 0. The molecule has 0 heterocycles. The van der Waals surface area contributed by atoms with E-state index in [4.69, 9.17) is 5.73 Å². The summed E-state index contributed by atoms with van der Waals surface area (Å²) in [5.74, 6) is 2.27. The second-order valence-electron chi connectivity index (χ2n) is 6.71. The van der Waals surface area contributed by atoms with Crippen LogP contribution in [0.25, 0.3) is 0 Å². The summed E-state index contributed by atoms with van der Waals surface area (Å²) in [4.78, 5) is 0. The number of rotatable bonds is 6. The molecule has 1 aliphatic carbocycles. The van der Waals surface area contributed by atoms with Gasteiger partial charge in [0.05, 0.1) is 0 Å². The zero-order valence-corrected chi connectivity index (χ0v) is 12.3. The van der Waals surface area contributed by atoms with Gasteiger partial charge in [-0.3, -0.25) is 0 Å². The van der Waals surface area contributed by atoms with Gasteiger partial charge in [-0.2, -0.15) is 0 Å². The van der Waals surface area contributed by atoms with E-state index < -0.39 is 0 Å². The van der Waals surface area contributed by atoms with E-state index in [2.05, 4.69) is 33.0 Å². The SMILES string of the molecule is CC(C)C(CNCC1(N)CCCCC1)C(C)C. The molecule has 1 fully saturated rings. The van der Waals surface area contributed by atoms with Crippen molar-refractivity contribution in [3.63, 3.8) is 0 Å². The highest BCUT2D eigenvalue weighted by atomic mass is 14.9. The Kier molecular flexibility index (Phi) is 5.94. The summed E-state index contributed by atoms with van der Waals surface area (Å²) in [6.45, 7) is 11.4. The van der Waals surface area contributed by atoms with E-state index in [0.717, 1.165) is 30.8 Å². The maximum atomic E-state index is 6.44. The molecular formula is C15H32N2. The molecule has 0 unspecified atom stereocenters. The van der Waals surface area contributed by atoms with Gasteiger partial charge >= 0.3 is 0 Å². The third-order valence-corrected chi connectivity index (χ3v) is 4.42. The minimum absolute atomic E-state index is 0.0801. The summed E-state index contributed by atoms with van der Waals surface area (Å²) < 4.78 is 0. The molecule has 0 atom stereocenters. The van der Waals surface area contributed by atoms with E-state index in [0.29, 0.717) is 0 Å². The zero-order valence-electron chi connectivity index (χ0n) is 12.3. The average Bonchev–Trinajstić information content (AvgIpc) is 2.24. The fourth-order valence-corrected chi connectivity index (χ4v) is 3.16. The lowest BCUT2D eigenvalue weighted by atomic mass is 9.82. The molecule has 17 heavy (non-hydrogen) atoms. The normalized spacial score (nSPS) is 20.5. The average molecular weight is 240 g/mol. The molecular weight excluding hydrogens is 208 g/mol. The van der Waals surface area contributed by atoms with Crippen LogP contribution in [0.5, 0.6) is 0 Å². The monoisotopic (exact) mass is 240 g/mol. The van der Waals surface area contributed by atoms with Crippen molar-refractivity contribution in [2.45, 2.75) is 65.3 Å². The first kappa shape index (κ1) is 15.0. The molecule has 2 nitrogen and oxygen atoms in total. The van der Waals surface area contributed by atoms with Crippen LogP contribution in [-0.2, 0) is 0 Å². The van der Waals surface area contributed by atoms with Gasteiger partial charge < -0.3 is 11.1 Å². The Morgan fingerprint density at radius 1 is 1.00 bits per heavy atom. The maximum absolute atomic E-state index is 6.44. The van der Waals surface area contributed by atoms with Crippen LogP contribution in [0.1, 0.15) is 59.8 Å². The molecule has 1 rings (SSSR count). The van der Waals surface area contributed by atoms with Crippen LogP contribution in [-0.4, -0.2) is 18.6 Å². The van der Waals surface area contributed by atoms with Crippen LogP contribution >= 0.6 is 0 Å². The van der Waals surface area contributed by atoms with Gasteiger partial charge in [0.15, 0.2) is 0 Å². The van der Waals surface area contributed by atoms with Crippen LogP contribution in [0.15, 0.2) is 0 Å². The summed E-state index contributed by atoms with van der Waals surface area (Å²) in [5, 5.41) is 3.63. The molecule has 0 bridgehead atoms. The summed E-state index contributed by atoms with van der Waals surface area (Å²) in [5.41, 5.74) is 6.52. The first-order valence-corrected chi connectivity index (χ1v) is 7.44. The molecule has 0 aliphatic heterocycles. The smallest absolute Gasteiger partial charge is 0.0280 e. The second kappa shape index (κ2) is 6.75. The molecule has 0 aromatic carbocycles. The third kappa shape index (κ3) is 4.97. The molecule has 0 saturated heterocycles. The van der Waals surface area contributed by atoms with Crippen LogP contribution in [0.4, 0.5) is 0 Å². The van der Waals surface area contributed by atoms with Crippen LogP contribution in [0.2, 0.25) is 0 Å². The third-order valence-electron chi connectivity index (χ3n) is 4.42. The Labute approximate surface area is 108 Å². The first-order chi connectivity index (χ1) is 7.94. The van der Waals surface area contributed by atoms with E-state index in [1.165, 1.54) is 32.1 Å². The van der Waals surface area contributed by atoms with Crippen molar-refractivity contribution in [1.29, 1.82) is 0 Å². The Balaban J connectivity index is 2.30. The van der Waals surface area contributed by atoms with Crippen LogP contribution in [0, 0.1) is 17.8 Å². The molecule has 0 aromatic heterocycles. The maximum Gasteiger partial charge on any atom is 0.0280 e. The Hall–Kier alpha value is -0.0800. The van der Waals surface area contributed by atoms with Gasteiger partial charge in [0.25, 0.3) is 0 Å². The van der Waals surface area contributed by atoms with Crippen LogP contribution in [0.3, 0.4) is 0 Å². The quantitative estimate of drug-likeness (QED) is 0.748. The minimum Gasteiger partial charge on any atom is -0.324 e. The Bertz CT molecular complexity index is 197. The van der Waals surface area contributed by atoms with Crippen molar-refractivity contribution in [3.8, 4) is 0 Å². The minimum atomic E-state index is 0.0801. The Morgan fingerprint density at radius 3 is 2.00 bits per heavy atom. The molecule has 102 valence electrons. The summed E-state index contributed by atoms with van der Waals surface area (Å²) >= 11 is 0. The largest absolute Gasteiger partial charge is 0.324 e. The van der Waals surface area contributed by atoms with Gasteiger partial charge in [-0.15, -0.1) is 0 Å². The van der Waals surface area contributed by atoms with Crippen molar-refractivity contribution < 1.29 is 0 Å². The fourth-order valence-electron chi connectivity index (χ4n) is 3.16. The Morgan fingerprint density at radius 2 is 1.53 bits per heavy atom. The predicted octanol–water partition coefficient (Wildman–Crippen LogP) is 3.17. The first-order valence-electron chi connectivity index (χ1n) is 7.44. The topological polar surface area (TPSA) is 38.0 Å². The molecule has 1 saturated carbocycles. The lowest BCUT2D eigenvalue weighted by molar-refractivity contribution is 0.242. The van der Waals surface area contributed by atoms with E-state index in [-0.39, 0.29) is 5.54 Å². The number of hydrogen-bond donors (Lipinski definition) is 2. The lowest BCUT2D eigenvalue weighted by Crippen LogP contribution is -2.51. The lowest BCUT2D eigenvalue weighted by Gasteiger charge is -2.35. The highest BCUT2D eigenvalue weighted by Crippen LogP contribution is 2.25. The van der Waals surface area contributed by atoms with E-state index >= 15 is 0 Å². The van der Waals surface area contributed by atoms with Gasteiger partial charge in [0.1, 0.15) is 0 Å². The fraction of sp³-hybridized carbons (Fsp3) is 1.00. The number of nitrogens with one attached hydrogen (secondary N) is 1. The molecule has 0 aromatic rings.